The Kier molecular flexibility index (Phi) is 8.02. The van der Waals surface area contributed by atoms with Crippen LogP contribution in [0.3, 0.4) is 0 Å². The topological polar surface area (TPSA) is 67.9 Å². The molecule has 0 aromatic heterocycles. The first-order chi connectivity index (χ1) is 14.6. The van der Waals surface area contributed by atoms with Crippen molar-refractivity contribution in [1.29, 1.82) is 0 Å². The van der Waals surface area contributed by atoms with Crippen LogP contribution in [0.15, 0.2) is 47.4 Å². The maximum atomic E-state index is 12.3. The molecule has 0 bridgehead atoms. The first-order valence-electron chi connectivity index (χ1n) is 10.3. The molecule has 0 radical (unpaired) electrons. The van der Waals surface area contributed by atoms with E-state index in [1.807, 2.05) is 56.3 Å². The molecule has 1 heterocycles. The smallest absolute Gasteiger partial charge is 0.237 e. The van der Waals surface area contributed by atoms with Crippen LogP contribution in [0.1, 0.15) is 25.8 Å². The molecule has 0 aliphatic carbocycles. The molecule has 3 rings (SSSR count). The monoisotopic (exact) mass is 428 g/mol. The molecule has 0 spiro atoms. The molecule has 0 saturated carbocycles. The molecule has 0 fully saturated rings. The van der Waals surface area contributed by atoms with Gasteiger partial charge in [0.2, 0.25) is 11.8 Å². The van der Waals surface area contributed by atoms with Crippen LogP contribution in [-0.4, -0.2) is 43.9 Å². The summed E-state index contributed by atoms with van der Waals surface area (Å²) in [4.78, 5) is 27.4. The van der Waals surface area contributed by atoms with Crippen LogP contribution in [0.5, 0.6) is 11.5 Å². The zero-order valence-corrected chi connectivity index (χ0v) is 18.3. The average Bonchev–Trinajstić information content (AvgIpc) is 2.75. The quantitative estimate of drug-likeness (QED) is 0.625. The number of hydrogen-bond donors (Lipinski definition) is 1. The lowest BCUT2D eigenvalue weighted by atomic mass is 10.1. The summed E-state index contributed by atoms with van der Waals surface area (Å²) < 4.78 is 11.2. The number of para-hydroxylation sites is 1. The van der Waals surface area contributed by atoms with Gasteiger partial charge in [0.1, 0.15) is 0 Å². The maximum absolute atomic E-state index is 12.3. The molecule has 0 saturated heterocycles. The summed E-state index contributed by atoms with van der Waals surface area (Å²) in [7, 11) is 0. The summed E-state index contributed by atoms with van der Waals surface area (Å²) >= 11 is 1.54. The fourth-order valence-electron chi connectivity index (χ4n) is 3.30. The third-order valence-corrected chi connectivity index (χ3v) is 5.76. The number of anilines is 1. The molecule has 30 heavy (non-hydrogen) atoms. The molecule has 2 aromatic rings. The highest BCUT2D eigenvalue weighted by atomic mass is 32.2. The minimum absolute atomic E-state index is 0.0457. The number of hydrogen-bond acceptors (Lipinski definition) is 5. The first-order valence-corrected chi connectivity index (χ1v) is 11.3. The van der Waals surface area contributed by atoms with Gasteiger partial charge in [-0.05, 0) is 50.1 Å². The normalized spacial score (nSPS) is 13.0. The van der Waals surface area contributed by atoms with Crippen molar-refractivity contribution < 1.29 is 19.1 Å². The van der Waals surface area contributed by atoms with Crippen molar-refractivity contribution in [3.8, 4) is 11.5 Å². The van der Waals surface area contributed by atoms with E-state index < -0.39 is 0 Å². The highest BCUT2D eigenvalue weighted by Crippen LogP contribution is 2.34. The number of ether oxygens (including phenoxy) is 2. The Morgan fingerprint density at radius 3 is 2.67 bits per heavy atom. The van der Waals surface area contributed by atoms with E-state index in [0.29, 0.717) is 38.5 Å². The summed E-state index contributed by atoms with van der Waals surface area (Å²) in [6.07, 6.45) is 0.971. The molecule has 1 aliphatic heterocycles. The Morgan fingerprint density at radius 1 is 1.10 bits per heavy atom. The molecule has 6 nitrogen and oxygen atoms in total. The Hall–Kier alpha value is -2.67. The molecule has 1 N–H and O–H groups in total. The Morgan fingerprint density at radius 2 is 1.87 bits per heavy atom. The SMILES string of the molecule is CCOc1ccc(CCNC(=O)CCN2C(=O)CSc3ccccc32)cc1OCC. The van der Waals surface area contributed by atoms with Crippen molar-refractivity contribution >= 4 is 29.3 Å². The number of thioether (sulfide) groups is 1. The molecule has 1 aliphatic rings. The van der Waals surface area contributed by atoms with E-state index in [9.17, 15) is 9.59 Å². The van der Waals surface area contributed by atoms with Crippen LogP contribution in [0.4, 0.5) is 5.69 Å². The number of benzene rings is 2. The van der Waals surface area contributed by atoms with E-state index in [4.69, 9.17) is 9.47 Å². The van der Waals surface area contributed by atoms with Gasteiger partial charge in [0.05, 0.1) is 24.7 Å². The standard InChI is InChI=1S/C23H28N2O4S/c1-3-28-19-10-9-17(15-20(19)29-4-2)11-13-24-22(26)12-14-25-18-7-5-6-8-21(18)30-16-23(25)27/h5-10,15H,3-4,11-14,16H2,1-2H3,(H,24,26). The van der Waals surface area contributed by atoms with Crippen molar-refractivity contribution in [1.82, 2.24) is 5.32 Å². The van der Waals surface area contributed by atoms with Gasteiger partial charge in [0.15, 0.2) is 11.5 Å². The second-order valence-electron chi connectivity index (χ2n) is 6.80. The fourth-order valence-corrected chi connectivity index (χ4v) is 4.23. The number of amides is 2. The van der Waals surface area contributed by atoms with E-state index in [1.165, 1.54) is 0 Å². The predicted octanol–water partition coefficient (Wildman–Crippen LogP) is 3.67. The lowest BCUT2D eigenvalue weighted by Crippen LogP contribution is -2.38. The summed E-state index contributed by atoms with van der Waals surface area (Å²) in [5, 5.41) is 2.95. The molecule has 2 amide bonds. The minimum atomic E-state index is -0.0607. The van der Waals surface area contributed by atoms with Crippen LogP contribution >= 0.6 is 11.8 Å². The number of nitrogens with one attached hydrogen (secondary N) is 1. The van der Waals surface area contributed by atoms with Gasteiger partial charge in [0, 0.05) is 24.4 Å². The van der Waals surface area contributed by atoms with Crippen LogP contribution < -0.4 is 19.7 Å². The van der Waals surface area contributed by atoms with Crippen LogP contribution in [-0.2, 0) is 16.0 Å². The highest BCUT2D eigenvalue weighted by molar-refractivity contribution is 8.00. The highest BCUT2D eigenvalue weighted by Gasteiger charge is 2.24. The fraction of sp³-hybridized carbons (Fsp3) is 0.391. The number of carbonyl (C=O) groups is 2. The van der Waals surface area contributed by atoms with E-state index in [-0.39, 0.29) is 18.2 Å². The maximum Gasteiger partial charge on any atom is 0.237 e. The lowest BCUT2D eigenvalue weighted by Gasteiger charge is -2.28. The van der Waals surface area contributed by atoms with Gasteiger partial charge in [-0.3, -0.25) is 9.59 Å². The van der Waals surface area contributed by atoms with Gasteiger partial charge in [-0.25, -0.2) is 0 Å². The van der Waals surface area contributed by atoms with Crippen LogP contribution in [0.25, 0.3) is 0 Å². The third kappa shape index (κ3) is 5.69. The number of carbonyl (C=O) groups excluding carboxylic acids is 2. The Balaban J connectivity index is 1.49. The average molecular weight is 429 g/mol. The molecule has 0 atom stereocenters. The predicted molar refractivity (Wildman–Crippen MR) is 120 cm³/mol. The Bertz CT molecular complexity index is 887. The zero-order chi connectivity index (χ0) is 21.3. The van der Waals surface area contributed by atoms with E-state index >= 15 is 0 Å². The molecular formula is C23H28N2O4S. The van der Waals surface area contributed by atoms with Gasteiger partial charge >= 0.3 is 0 Å². The second-order valence-corrected chi connectivity index (χ2v) is 7.82. The van der Waals surface area contributed by atoms with Gasteiger partial charge in [-0.1, -0.05) is 18.2 Å². The zero-order valence-electron chi connectivity index (χ0n) is 17.5. The lowest BCUT2D eigenvalue weighted by molar-refractivity contribution is -0.121. The second kappa shape index (κ2) is 10.9. The first kappa shape index (κ1) is 22.0. The van der Waals surface area contributed by atoms with Gasteiger partial charge in [0.25, 0.3) is 0 Å². The van der Waals surface area contributed by atoms with Crippen LogP contribution in [0, 0.1) is 0 Å². The van der Waals surface area contributed by atoms with Crippen molar-refractivity contribution in [2.45, 2.75) is 31.6 Å². The van der Waals surface area contributed by atoms with Gasteiger partial charge in [-0.15, -0.1) is 11.8 Å². The molecule has 0 unspecified atom stereocenters. The number of rotatable bonds is 10. The molecule has 2 aromatic carbocycles. The van der Waals surface area contributed by atoms with Crippen molar-refractivity contribution in [3.63, 3.8) is 0 Å². The van der Waals surface area contributed by atoms with E-state index in [1.54, 1.807) is 16.7 Å². The minimum Gasteiger partial charge on any atom is -0.490 e. The van der Waals surface area contributed by atoms with Crippen LogP contribution in [0.2, 0.25) is 0 Å². The van der Waals surface area contributed by atoms with E-state index in [2.05, 4.69) is 5.32 Å². The van der Waals surface area contributed by atoms with Crippen molar-refractivity contribution in [3.05, 3.63) is 48.0 Å². The molecular weight excluding hydrogens is 400 g/mol. The van der Waals surface area contributed by atoms with Crippen molar-refractivity contribution in [2.24, 2.45) is 0 Å². The van der Waals surface area contributed by atoms with Gasteiger partial charge in [-0.2, -0.15) is 0 Å². The van der Waals surface area contributed by atoms with E-state index in [0.717, 1.165) is 27.6 Å². The summed E-state index contributed by atoms with van der Waals surface area (Å²) in [6.45, 7) is 5.94. The van der Waals surface area contributed by atoms with Gasteiger partial charge < -0.3 is 19.7 Å². The third-order valence-electron chi connectivity index (χ3n) is 4.71. The van der Waals surface area contributed by atoms with Crippen molar-refractivity contribution in [2.75, 3.05) is 37.0 Å². The Labute approximate surface area is 181 Å². The number of nitrogens with zero attached hydrogens (tertiary/aromatic N) is 1. The summed E-state index contributed by atoms with van der Waals surface area (Å²) in [5.74, 6) is 1.86. The molecule has 7 heteroatoms. The summed E-state index contributed by atoms with van der Waals surface area (Å²) in [6, 6.07) is 13.7. The largest absolute Gasteiger partial charge is 0.490 e. The summed E-state index contributed by atoms with van der Waals surface area (Å²) in [5.41, 5.74) is 1.96. The number of fused-ring (bicyclic) bond motifs is 1. The molecule has 160 valence electrons.